The van der Waals surface area contributed by atoms with Gasteiger partial charge in [-0.05, 0) is 6.07 Å². The lowest BCUT2D eigenvalue weighted by atomic mass is 10.1. The van der Waals surface area contributed by atoms with Gasteiger partial charge in [0.1, 0.15) is 0 Å². The molecule has 1 aromatic rings. The first-order valence-corrected chi connectivity index (χ1v) is 6.89. The normalized spacial score (nSPS) is 19.2. The Morgan fingerprint density at radius 3 is 2.83 bits per heavy atom. The summed E-state index contributed by atoms with van der Waals surface area (Å²) in [6.45, 7) is -0.543. The standard InChI is InChI=1S/C11H11NO5S/c13-11(14)7-17-12-9-5-6-18(15,16)10-4-2-1-3-8(9)10/h1-4H,5-7H2,(H,13,14)/b12-9-. The van der Waals surface area contributed by atoms with Gasteiger partial charge in [-0.1, -0.05) is 23.4 Å². The molecule has 0 spiro atoms. The maximum Gasteiger partial charge on any atom is 0.344 e. The Morgan fingerprint density at radius 2 is 2.11 bits per heavy atom. The fourth-order valence-corrected chi connectivity index (χ4v) is 3.20. The van der Waals surface area contributed by atoms with Crippen molar-refractivity contribution in [2.75, 3.05) is 12.4 Å². The van der Waals surface area contributed by atoms with Gasteiger partial charge in [-0.15, -0.1) is 0 Å². The number of sulfone groups is 1. The number of rotatable bonds is 3. The van der Waals surface area contributed by atoms with Gasteiger partial charge in [0, 0.05) is 12.0 Å². The predicted octanol–water partition coefficient (Wildman–Crippen LogP) is 0.669. The van der Waals surface area contributed by atoms with Crippen LogP contribution in [0.2, 0.25) is 0 Å². The molecule has 0 atom stereocenters. The molecule has 0 saturated heterocycles. The summed E-state index contributed by atoms with van der Waals surface area (Å²) in [4.78, 5) is 15.2. The van der Waals surface area contributed by atoms with Gasteiger partial charge in [0.15, 0.2) is 9.84 Å². The number of carbonyl (C=O) groups is 1. The number of fused-ring (bicyclic) bond motifs is 1. The van der Waals surface area contributed by atoms with Crippen molar-refractivity contribution < 1.29 is 23.2 Å². The fraction of sp³-hybridized carbons (Fsp3) is 0.273. The van der Waals surface area contributed by atoms with Gasteiger partial charge >= 0.3 is 5.97 Å². The maximum atomic E-state index is 11.8. The van der Waals surface area contributed by atoms with Crippen molar-refractivity contribution >= 4 is 21.5 Å². The molecule has 0 fully saturated rings. The molecular formula is C11H11NO5S. The maximum absolute atomic E-state index is 11.8. The third-order valence-corrected chi connectivity index (χ3v) is 4.27. The molecule has 1 N–H and O–H groups in total. The molecule has 2 rings (SSSR count). The predicted molar refractivity (Wildman–Crippen MR) is 63.2 cm³/mol. The van der Waals surface area contributed by atoms with Crippen molar-refractivity contribution in [1.29, 1.82) is 0 Å². The Balaban J connectivity index is 2.34. The van der Waals surface area contributed by atoms with Gasteiger partial charge < -0.3 is 9.94 Å². The number of carboxylic acid groups (broad SMARTS) is 1. The van der Waals surface area contributed by atoms with Gasteiger partial charge in [-0.25, -0.2) is 13.2 Å². The smallest absolute Gasteiger partial charge is 0.344 e. The topological polar surface area (TPSA) is 93.0 Å². The van der Waals surface area contributed by atoms with Crippen molar-refractivity contribution in [3.63, 3.8) is 0 Å². The summed E-state index contributed by atoms with van der Waals surface area (Å²) in [5, 5.41) is 12.1. The van der Waals surface area contributed by atoms with Gasteiger partial charge in [0.05, 0.1) is 16.4 Å². The van der Waals surface area contributed by atoms with Gasteiger partial charge in [0.25, 0.3) is 0 Å². The second kappa shape index (κ2) is 4.77. The zero-order chi connectivity index (χ0) is 13.2. The number of carboxylic acids is 1. The van der Waals surface area contributed by atoms with Crippen LogP contribution in [0.1, 0.15) is 12.0 Å². The zero-order valence-corrected chi connectivity index (χ0v) is 10.2. The van der Waals surface area contributed by atoms with Crippen LogP contribution in [0, 0.1) is 0 Å². The molecule has 1 aliphatic heterocycles. The van der Waals surface area contributed by atoms with E-state index in [-0.39, 0.29) is 17.1 Å². The lowest BCUT2D eigenvalue weighted by Crippen LogP contribution is -2.22. The van der Waals surface area contributed by atoms with Crippen molar-refractivity contribution in [3.8, 4) is 0 Å². The number of hydrogen-bond donors (Lipinski definition) is 1. The third kappa shape index (κ3) is 2.51. The Bertz CT molecular complexity index is 606. The first-order valence-electron chi connectivity index (χ1n) is 5.23. The summed E-state index contributed by atoms with van der Waals surface area (Å²) in [5.41, 5.74) is 0.941. The number of hydrogen-bond acceptors (Lipinski definition) is 5. The van der Waals surface area contributed by atoms with Crippen LogP contribution in [0.4, 0.5) is 0 Å². The zero-order valence-electron chi connectivity index (χ0n) is 9.37. The molecule has 0 aromatic heterocycles. The van der Waals surface area contributed by atoms with Crippen molar-refractivity contribution in [1.82, 2.24) is 0 Å². The molecular weight excluding hydrogens is 258 g/mol. The lowest BCUT2D eigenvalue weighted by molar-refractivity contribution is -0.142. The molecule has 0 aliphatic carbocycles. The third-order valence-electron chi connectivity index (χ3n) is 2.50. The Kier molecular flexibility index (Phi) is 3.33. The summed E-state index contributed by atoms with van der Waals surface area (Å²) in [6, 6.07) is 6.48. The highest BCUT2D eigenvalue weighted by molar-refractivity contribution is 7.91. The SMILES string of the molecule is O=C(O)CO/N=C1/CCS(=O)(=O)c2ccccc21. The fourth-order valence-electron chi connectivity index (χ4n) is 1.71. The van der Waals surface area contributed by atoms with Crippen LogP contribution in [0.3, 0.4) is 0 Å². The highest BCUT2D eigenvalue weighted by atomic mass is 32.2. The van der Waals surface area contributed by atoms with Crippen LogP contribution in [0.25, 0.3) is 0 Å². The molecule has 1 aromatic carbocycles. The lowest BCUT2D eigenvalue weighted by Gasteiger charge is -2.17. The van der Waals surface area contributed by atoms with Crippen LogP contribution in [0.5, 0.6) is 0 Å². The molecule has 0 unspecified atom stereocenters. The van der Waals surface area contributed by atoms with Crippen LogP contribution in [-0.2, 0) is 19.5 Å². The highest BCUT2D eigenvalue weighted by Crippen LogP contribution is 2.25. The van der Waals surface area contributed by atoms with Crippen LogP contribution < -0.4 is 0 Å². The van der Waals surface area contributed by atoms with E-state index < -0.39 is 22.4 Å². The number of aliphatic carboxylic acids is 1. The van der Waals surface area contributed by atoms with Crippen molar-refractivity contribution in [2.45, 2.75) is 11.3 Å². The van der Waals surface area contributed by atoms with Gasteiger partial charge in [-0.2, -0.15) is 0 Å². The quantitative estimate of drug-likeness (QED) is 0.814. The van der Waals surface area contributed by atoms with Gasteiger partial charge in [0.2, 0.25) is 6.61 Å². The summed E-state index contributed by atoms with van der Waals surface area (Å²) in [7, 11) is -3.27. The first kappa shape index (κ1) is 12.6. The molecule has 18 heavy (non-hydrogen) atoms. The average molecular weight is 269 g/mol. The molecule has 0 radical (unpaired) electrons. The van der Waals surface area contributed by atoms with E-state index in [1.165, 1.54) is 6.07 Å². The minimum Gasteiger partial charge on any atom is -0.479 e. The summed E-state index contributed by atoms with van der Waals surface area (Å²) >= 11 is 0. The molecule has 96 valence electrons. The molecule has 0 amide bonds. The Hall–Kier alpha value is -1.89. The van der Waals surface area contributed by atoms with E-state index in [0.717, 1.165) is 0 Å². The number of oxime groups is 1. The summed E-state index contributed by atoms with van der Waals surface area (Å²) < 4.78 is 23.6. The van der Waals surface area contributed by atoms with Crippen LogP contribution in [0.15, 0.2) is 34.3 Å². The number of benzene rings is 1. The van der Waals surface area contributed by atoms with E-state index in [1.807, 2.05) is 0 Å². The molecule has 0 bridgehead atoms. The van der Waals surface area contributed by atoms with E-state index in [2.05, 4.69) is 9.99 Å². The monoisotopic (exact) mass is 269 g/mol. The second-order valence-electron chi connectivity index (χ2n) is 3.77. The molecule has 1 aliphatic rings. The van der Waals surface area contributed by atoms with E-state index in [9.17, 15) is 13.2 Å². The van der Waals surface area contributed by atoms with E-state index >= 15 is 0 Å². The summed E-state index contributed by atoms with van der Waals surface area (Å²) in [5.74, 6) is -1.17. The highest BCUT2D eigenvalue weighted by Gasteiger charge is 2.27. The van der Waals surface area contributed by atoms with E-state index in [4.69, 9.17) is 5.11 Å². The summed E-state index contributed by atoms with van der Waals surface area (Å²) in [6.07, 6.45) is 0.221. The minimum atomic E-state index is -3.27. The van der Waals surface area contributed by atoms with Crippen LogP contribution >= 0.6 is 0 Å². The van der Waals surface area contributed by atoms with Crippen molar-refractivity contribution in [3.05, 3.63) is 29.8 Å². The first-order chi connectivity index (χ1) is 8.50. The van der Waals surface area contributed by atoms with Crippen molar-refractivity contribution in [2.24, 2.45) is 5.16 Å². The van der Waals surface area contributed by atoms with Gasteiger partial charge in [-0.3, -0.25) is 0 Å². The van der Waals surface area contributed by atoms with Crippen LogP contribution in [-0.4, -0.2) is 37.6 Å². The molecule has 1 heterocycles. The second-order valence-corrected chi connectivity index (χ2v) is 5.85. The van der Waals surface area contributed by atoms with E-state index in [1.54, 1.807) is 18.2 Å². The minimum absolute atomic E-state index is 0.0424. The molecule has 6 nitrogen and oxygen atoms in total. The van der Waals surface area contributed by atoms with E-state index in [0.29, 0.717) is 11.3 Å². The largest absolute Gasteiger partial charge is 0.479 e. The number of nitrogens with zero attached hydrogens (tertiary/aromatic N) is 1. The average Bonchev–Trinajstić information content (AvgIpc) is 2.32. The molecule has 0 saturated carbocycles. The Morgan fingerprint density at radius 1 is 1.39 bits per heavy atom. The molecule has 7 heteroatoms. The Labute approximate surface area is 104 Å².